The number of aryl methyl sites for hydroxylation is 1. The Morgan fingerprint density at radius 2 is 1.89 bits per heavy atom. The van der Waals surface area contributed by atoms with Crippen LogP contribution < -0.4 is 15.4 Å². The number of aromatic nitrogens is 2. The van der Waals surface area contributed by atoms with Crippen LogP contribution in [0.15, 0.2) is 48.5 Å². The second kappa shape index (κ2) is 8.62. The third-order valence-electron chi connectivity index (χ3n) is 7.32. The van der Waals surface area contributed by atoms with Gasteiger partial charge in [-0.3, -0.25) is 9.69 Å². The highest BCUT2D eigenvalue weighted by Gasteiger charge is 2.49. The molecule has 0 spiro atoms. The van der Waals surface area contributed by atoms with E-state index in [-0.39, 0.29) is 17.9 Å². The highest BCUT2D eigenvalue weighted by molar-refractivity contribution is 6.35. The average molecular weight is 533 g/mol. The third-order valence-corrected chi connectivity index (χ3v) is 7.87. The summed E-state index contributed by atoms with van der Waals surface area (Å²) in [6.45, 7) is 6.61. The Morgan fingerprint density at radius 1 is 1.11 bits per heavy atom. The topological polar surface area (TPSA) is 73.4 Å². The number of anilines is 1. The van der Waals surface area contributed by atoms with Crippen molar-refractivity contribution < 1.29 is 9.53 Å². The molecule has 188 valence electrons. The number of ether oxygens (including phenoxy) is 1. The molecule has 6 nitrogen and oxygen atoms in total. The monoisotopic (exact) mass is 532 g/mol. The van der Waals surface area contributed by atoms with E-state index in [9.17, 15) is 4.79 Å². The van der Waals surface area contributed by atoms with Crippen LogP contribution in [0, 0.1) is 6.92 Å². The Labute approximate surface area is 225 Å². The second-order valence-electron chi connectivity index (χ2n) is 9.82. The molecule has 4 aromatic rings. The van der Waals surface area contributed by atoms with Gasteiger partial charge >= 0.3 is 0 Å². The molecule has 37 heavy (non-hydrogen) atoms. The Morgan fingerprint density at radius 3 is 2.59 bits per heavy atom. The Kier molecular flexibility index (Phi) is 5.60. The van der Waals surface area contributed by atoms with Gasteiger partial charge in [0.25, 0.3) is 5.91 Å². The van der Waals surface area contributed by atoms with E-state index in [1.807, 2.05) is 65.0 Å². The number of benzene rings is 3. The van der Waals surface area contributed by atoms with Crippen molar-refractivity contribution in [2.24, 2.45) is 5.73 Å². The van der Waals surface area contributed by atoms with Crippen LogP contribution in [0.4, 0.5) is 5.69 Å². The number of carbonyl (C=O) groups is 1. The first-order valence-corrected chi connectivity index (χ1v) is 12.9. The predicted octanol–water partition coefficient (Wildman–Crippen LogP) is 6.81. The smallest absolute Gasteiger partial charge is 0.280 e. The van der Waals surface area contributed by atoms with Gasteiger partial charge in [-0.2, -0.15) is 5.10 Å². The fourth-order valence-electron chi connectivity index (χ4n) is 5.74. The number of methoxy groups -OCH3 is 1. The van der Waals surface area contributed by atoms with Gasteiger partial charge < -0.3 is 10.5 Å². The molecule has 3 heterocycles. The molecule has 0 aliphatic carbocycles. The molecule has 1 amide bonds. The molecule has 2 aliphatic rings. The number of nitrogens with zero attached hydrogens (tertiary/aromatic N) is 3. The Hall–Kier alpha value is -3.32. The minimum atomic E-state index is -0.353. The van der Waals surface area contributed by atoms with Crippen molar-refractivity contribution in [3.8, 4) is 22.6 Å². The molecule has 1 aromatic heterocycles. The first kappa shape index (κ1) is 24.0. The number of hydrogen-bond donors (Lipinski definition) is 1. The average Bonchev–Trinajstić information content (AvgIpc) is 3.41. The molecule has 6 rings (SSSR count). The predicted molar refractivity (Wildman–Crippen MR) is 147 cm³/mol. The lowest BCUT2D eigenvalue weighted by molar-refractivity contribution is 0.0988. The maximum Gasteiger partial charge on any atom is 0.280 e. The van der Waals surface area contributed by atoms with Crippen molar-refractivity contribution in [1.82, 2.24) is 9.78 Å². The quantitative estimate of drug-likeness (QED) is 0.313. The summed E-state index contributed by atoms with van der Waals surface area (Å²) in [5.74, 6) is 0.572. The molecule has 0 radical (unpaired) electrons. The summed E-state index contributed by atoms with van der Waals surface area (Å²) in [6, 6.07) is 15.1. The van der Waals surface area contributed by atoms with Crippen molar-refractivity contribution in [3.05, 3.63) is 92.2 Å². The normalized spacial score (nSPS) is 15.5. The number of carbonyl (C=O) groups excluding carboxylic acids is 1. The lowest BCUT2D eigenvalue weighted by atomic mass is 9.84. The molecule has 0 fully saturated rings. The summed E-state index contributed by atoms with van der Waals surface area (Å²) < 4.78 is 7.55. The van der Waals surface area contributed by atoms with Gasteiger partial charge in [0.1, 0.15) is 11.4 Å². The highest BCUT2D eigenvalue weighted by Crippen LogP contribution is 2.56. The number of rotatable bonds is 4. The third kappa shape index (κ3) is 3.36. The van der Waals surface area contributed by atoms with E-state index < -0.39 is 0 Å². The number of hydrogen-bond acceptors (Lipinski definition) is 4. The van der Waals surface area contributed by atoms with Crippen LogP contribution in [0.2, 0.25) is 10.0 Å². The number of fused-ring (bicyclic) bond motifs is 8. The molecular weight excluding hydrogens is 507 g/mol. The lowest BCUT2D eigenvalue weighted by Gasteiger charge is -2.36. The van der Waals surface area contributed by atoms with E-state index in [1.165, 1.54) is 0 Å². The fourth-order valence-corrected chi connectivity index (χ4v) is 6.17. The standard InChI is InChI=1S/C29H26Cl2N4O2/c1-14(2)26-24-25(33-35(26)21-11-16(13-32)6-10-22(21)37-4)29(36)34-27-15(3)5-9-20(31)23(27)19-12-17(30)7-8-18(19)28(24)34/h5-12,14,28H,13,32H2,1-4H3. The van der Waals surface area contributed by atoms with Crippen LogP contribution >= 0.6 is 23.2 Å². The van der Waals surface area contributed by atoms with Gasteiger partial charge in [0.2, 0.25) is 0 Å². The molecule has 1 unspecified atom stereocenters. The van der Waals surface area contributed by atoms with Gasteiger partial charge in [0.15, 0.2) is 5.69 Å². The van der Waals surface area contributed by atoms with Crippen LogP contribution in [0.1, 0.15) is 64.2 Å². The molecule has 3 aromatic carbocycles. The molecule has 8 heteroatoms. The maximum absolute atomic E-state index is 14.2. The van der Waals surface area contributed by atoms with Gasteiger partial charge in [0.05, 0.1) is 29.6 Å². The van der Waals surface area contributed by atoms with E-state index in [4.69, 9.17) is 38.8 Å². The van der Waals surface area contributed by atoms with E-state index in [1.54, 1.807) is 7.11 Å². The van der Waals surface area contributed by atoms with Gasteiger partial charge in [0, 0.05) is 22.7 Å². The SMILES string of the molecule is COc1ccc(CN)cc1-n1nc2c(c1C(C)C)C1c3ccc(Cl)cc3-c3c(Cl)ccc(C)c3N1C2=O. The zero-order chi connectivity index (χ0) is 26.2. The number of amides is 1. The minimum Gasteiger partial charge on any atom is -0.494 e. The van der Waals surface area contributed by atoms with Crippen molar-refractivity contribution in [3.63, 3.8) is 0 Å². The van der Waals surface area contributed by atoms with Crippen LogP contribution in [-0.4, -0.2) is 22.8 Å². The molecule has 1 atom stereocenters. The summed E-state index contributed by atoms with van der Waals surface area (Å²) in [5.41, 5.74) is 14.4. The minimum absolute atomic E-state index is 0.0628. The molecule has 0 bridgehead atoms. The van der Waals surface area contributed by atoms with E-state index in [0.29, 0.717) is 28.0 Å². The van der Waals surface area contributed by atoms with Gasteiger partial charge in [-0.15, -0.1) is 0 Å². The molecular formula is C29H26Cl2N4O2. The van der Waals surface area contributed by atoms with Crippen LogP contribution in [-0.2, 0) is 6.54 Å². The van der Waals surface area contributed by atoms with Crippen molar-refractivity contribution in [2.45, 2.75) is 39.3 Å². The molecule has 0 saturated carbocycles. The van der Waals surface area contributed by atoms with E-state index in [0.717, 1.165) is 50.4 Å². The first-order valence-electron chi connectivity index (χ1n) is 12.2. The number of nitrogens with two attached hydrogens (primary N) is 1. The van der Waals surface area contributed by atoms with Gasteiger partial charge in [-0.05, 0) is 65.4 Å². The zero-order valence-electron chi connectivity index (χ0n) is 21.0. The summed E-state index contributed by atoms with van der Waals surface area (Å²) in [4.78, 5) is 16.0. The second-order valence-corrected chi connectivity index (χ2v) is 10.7. The molecule has 2 aliphatic heterocycles. The largest absolute Gasteiger partial charge is 0.494 e. The van der Waals surface area contributed by atoms with Crippen molar-refractivity contribution in [1.29, 1.82) is 0 Å². The molecule has 0 saturated heterocycles. The van der Waals surface area contributed by atoms with Crippen LogP contribution in [0.5, 0.6) is 5.75 Å². The van der Waals surface area contributed by atoms with Crippen molar-refractivity contribution in [2.75, 3.05) is 12.0 Å². The van der Waals surface area contributed by atoms with Gasteiger partial charge in [-0.1, -0.05) is 55.2 Å². The van der Waals surface area contributed by atoms with E-state index in [2.05, 4.69) is 13.8 Å². The van der Waals surface area contributed by atoms with Crippen molar-refractivity contribution >= 4 is 34.8 Å². The zero-order valence-corrected chi connectivity index (χ0v) is 22.5. The molecule has 2 N–H and O–H groups in total. The van der Waals surface area contributed by atoms with Crippen LogP contribution in [0.3, 0.4) is 0 Å². The Balaban J connectivity index is 1.68. The highest BCUT2D eigenvalue weighted by atomic mass is 35.5. The summed E-state index contributed by atoms with van der Waals surface area (Å²) in [7, 11) is 1.63. The lowest BCUT2D eigenvalue weighted by Crippen LogP contribution is -2.34. The fraction of sp³-hybridized carbons (Fsp3) is 0.241. The summed E-state index contributed by atoms with van der Waals surface area (Å²) in [5, 5.41) is 6.13. The number of halogens is 2. The summed E-state index contributed by atoms with van der Waals surface area (Å²) >= 11 is 13.2. The summed E-state index contributed by atoms with van der Waals surface area (Å²) in [6.07, 6.45) is 0. The maximum atomic E-state index is 14.2. The van der Waals surface area contributed by atoms with E-state index >= 15 is 0 Å². The van der Waals surface area contributed by atoms with Crippen LogP contribution in [0.25, 0.3) is 16.8 Å². The van der Waals surface area contributed by atoms with Gasteiger partial charge in [-0.25, -0.2) is 4.68 Å². The Bertz CT molecular complexity index is 1610. The first-order chi connectivity index (χ1) is 17.8.